The number of carbonyl (C=O) groups excluding carboxylic acids is 3. The van der Waals surface area contributed by atoms with Crippen LogP contribution in [0.15, 0.2) is 24.3 Å². The molecule has 0 fully saturated rings. The molecule has 0 atom stereocenters. The summed E-state index contributed by atoms with van der Waals surface area (Å²) >= 11 is 0. The van der Waals surface area contributed by atoms with Crippen molar-refractivity contribution in [3.8, 4) is 5.75 Å². The van der Waals surface area contributed by atoms with Gasteiger partial charge in [-0.3, -0.25) is 9.59 Å². The molecule has 0 aliphatic heterocycles. The number of Topliss-reactive ketones (excluding diaryl/α,β-unsaturated/α-hetero) is 2. The van der Waals surface area contributed by atoms with E-state index < -0.39 is 0 Å². The van der Waals surface area contributed by atoms with Crippen molar-refractivity contribution in [2.24, 2.45) is 5.92 Å². The Bertz CT molecular complexity index is 617. The maximum atomic E-state index is 12.2. The van der Waals surface area contributed by atoms with Crippen LogP contribution in [-0.2, 0) is 14.3 Å². The normalized spacial score (nSPS) is 10.8. The lowest BCUT2D eigenvalue weighted by Gasteiger charge is -2.14. The Hall–Kier alpha value is -2.17. The molecule has 168 valence electrons. The van der Waals surface area contributed by atoms with Crippen LogP contribution in [0.2, 0.25) is 0 Å². The van der Waals surface area contributed by atoms with Gasteiger partial charge in [0.25, 0.3) is 0 Å². The summed E-state index contributed by atoms with van der Waals surface area (Å²) in [5, 5.41) is 0. The van der Waals surface area contributed by atoms with Gasteiger partial charge in [-0.05, 0) is 56.9 Å². The third-order valence-corrected chi connectivity index (χ3v) is 5.04. The first kappa shape index (κ1) is 25.9. The largest absolute Gasteiger partial charge is 0.494 e. The fourth-order valence-electron chi connectivity index (χ4n) is 3.42. The number of unbranched alkanes of at least 4 members (excludes halogenated alkanes) is 4. The topological polar surface area (TPSA) is 69.7 Å². The van der Waals surface area contributed by atoms with E-state index in [9.17, 15) is 14.4 Å². The number of benzene rings is 1. The minimum absolute atomic E-state index is 0.123. The van der Waals surface area contributed by atoms with E-state index in [2.05, 4.69) is 0 Å². The molecular formula is C25H38O5. The van der Waals surface area contributed by atoms with E-state index in [1.165, 1.54) is 0 Å². The Morgan fingerprint density at radius 2 is 1.37 bits per heavy atom. The lowest BCUT2D eigenvalue weighted by Crippen LogP contribution is -2.23. The van der Waals surface area contributed by atoms with Crippen molar-refractivity contribution in [3.05, 3.63) is 29.8 Å². The zero-order valence-electron chi connectivity index (χ0n) is 18.9. The molecule has 0 unspecified atom stereocenters. The van der Waals surface area contributed by atoms with Crippen LogP contribution in [0.4, 0.5) is 0 Å². The van der Waals surface area contributed by atoms with E-state index >= 15 is 0 Å². The van der Waals surface area contributed by atoms with E-state index in [4.69, 9.17) is 9.47 Å². The molecular weight excluding hydrogens is 380 g/mol. The summed E-state index contributed by atoms with van der Waals surface area (Å²) in [6, 6.07) is 6.99. The van der Waals surface area contributed by atoms with Gasteiger partial charge in [0, 0.05) is 12.8 Å². The van der Waals surface area contributed by atoms with Gasteiger partial charge in [-0.2, -0.15) is 0 Å². The average molecular weight is 419 g/mol. The first-order chi connectivity index (χ1) is 14.5. The molecule has 0 saturated carbocycles. The van der Waals surface area contributed by atoms with Crippen LogP contribution in [0.1, 0.15) is 95.3 Å². The number of ketones is 2. The van der Waals surface area contributed by atoms with E-state index in [0.29, 0.717) is 38.0 Å². The fraction of sp³-hybridized carbons (Fsp3) is 0.640. The third-order valence-electron chi connectivity index (χ3n) is 5.04. The maximum absolute atomic E-state index is 12.2. The molecule has 30 heavy (non-hydrogen) atoms. The molecule has 0 spiro atoms. The average Bonchev–Trinajstić information content (AvgIpc) is 2.73. The summed E-state index contributed by atoms with van der Waals surface area (Å²) in [7, 11) is 0. The van der Waals surface area contributed by atoms with Crippen LogP contribution in [0.3, 0.4) is 0 Å². The highest BCUT2D eigenvalue weighted by molar-refractivity contribution is 6.02. The molecule has 0 amide bonds. The summed E-state index contributed by atoms with van der Waals surface area (Å²) < 4.78 is 10.7. The molecule has 5 nitrogen and oxygen atoms in total. The van der Waals surface area contributed by atoms with Crippen molar-refractivity contribution in [1.82, 2.24) is 0 Å². The number of hydrogen-bond donors (Lipinski definition) is 0. The van der Waals surface area contributed by atoms with Crippen molar-refractivity contribution in [1.29, 1.82) is 0 Å². The summed E-state index contributed by atoms with van der Waals surface area (Å²) in [5.41, 5.74) is 0.525. The van der Waals surface area contributed by atoms with Crippen molar-refractivity contribution < 1.29 is 23.9 Å². The Balaban J connectivity index is 2.20. The summed E-state index contributed by atoms with van der Waals surface area (Å²) in [6.45, 7) is 6.74. The molecule has 0 N–H and O–H groups in total. The molecule has 5 heteroatoms. The molecule has 0 radical (unpaired) electrons. The summed E-state index contributed by atoms with van der Waals surface area (Å²) in [6.07, 6.45) is 8.36. The lowest BCUT2D eigenvalue weighted by atomic mass is 9.88. The zero-order chi connectivity index (χ0) is 22.2. The van der Waals surface area contributed by atoms with Crippen LogP contribution < -0.4 is 4.74 Å². The van der Waals surface area contributed by atoms with Crippen LogP contribution in [0, 0.1) is 5.92 Å². The summed E-state index contributed by atoms with van der Waals surface area (Å²) in [4.78, 5) is 36.1. The second-order valence-corrected chi connectivity index (χ2v) is 7.63. The monoisotopic (exact) mass is 418 g/mol. The lowest BCUT2D eigenvalue weighted by molar-refractivity contribution is -0.133. The quantitative estimate of drug-likeness (QED) is 0.178. The SMILES string of the molecule is CCCC(=O)C(CCCCCCCOc1ccc(C(=O)OCC)cc1)C(=O)CCC. The van der Waals surface area contributed by atoms with E-state index in [0.717, 1.165) is 50.7 Å². The van der Waals surface area contributed by atoms with Crippen LogP contribution >= 0.6 is 0 Å². The van der Waals surface area contributed by atoms with E-state index in [1.807, 2.05) is 13.8 Å². The van der Waals surface area contributed by atoms with Gasteiger partial charge in [-0.25, -0.2) is 4.79 Å². The molecule has 1 aromatic carbocycles. The van der Waals surface area contributed by atoms with Crippen LogP contribution in [0.25, 0.3) is 0 Å². The van der Waals surface area contributed by atoms with Crippen molar-refractivity contribution >= 4 is 17.5 Å². The predicted octanol–water partition coefficient (Wildman–Crippen LogP) is 5.94. The first-order valence-corrected chi connectivity index (χ1v) is 11.5. The van der Waals surface area contributed by atoms with Gasteiger partial charge in [0.2, 0.25) is 0 Å². The highest BCUT2D eigenvalue weighted by Crippen LogP contribution is 2.19. The zero-order valence-corrected chi connectivity index (χ0v) is 18.9. The van der Waals surface area contributed by atoms with E-state index in [-0.39, 0.29) is 23.5 Å². The van der Waals surface area contributed by atoms with Gasteiger partial charge >= 0.3 is 5.97 Å². The van der Waals surface area contributed by atoms with Gasteiger partial charge in [0.15, 0.2) is 0 Å². The molecule has 0 aliphatic rings. The Kier molecular flexibility index (Phi) is 13.5. The van der Waals surface area contributed by atoms with Crippen molar-refractivity contribution in [2.75, 3.05) is 13.2 Å². The van der Waals surface area contributed by atoms with Gasteiger partial charge in [0.1, 0.15) is 17.3 Å². The second-order valence-electron chi connectivity index (χ2n) is 7.63. The fourth-order valence-corrected chi connectivity index (χ4v) is 3.42. The molecule has 0 bridgehead atoms. The molecule has 0 heterocycles. The van der Waals surface area contributed by atoms with Crippen molar-refractivity contribution in [3.63, 3.8) is 0 Å². The predicted molar refractivity (Wildman–Crippen MR) is 119 cm³/mol. The maximum Gasteiger partial charge on any atom is 0.338 e. The van der Waals surface area contributed by atoms with Gasteiger partial charge in [-0.15, -0.1) is 0 Å². The minimum Gasteiger partial charge on any atom is -0.494 e. The van der Waals surface area contributed by atoms with Gasteiger partial charge in [-0.1, -0.05) is 39.5 Å². The smallest absolute Gasteiger partial charge is 0.338 e. The van der Waals surface area contributed by atoms with Gasteiger partial charge < -0.3 is 9.47 Å². The second kappa shape index (κ2) is 15.6. The summed E-state index contributed by atoms with van der Waals surface area (Å²) in [5.74, 6) is 0.288. The first-order valence-electron chi connectivity index (χ1n) is 11.5. The Morgan fingerprint density at radius 3 is 1.93 bits per heavy atom. The number of rotatable bonds is 17. The number of esters is 1. The third kappa shape index (κ3) is 10.0. The minimum atomic E-state index is -0.384. The van der Waals surface area contributed by atoms with E-state index in [1.54, 1.807) is 31.2 Å². The number of carbonyl (C=O) groups is 3. The molecule has 0 aromatic heterocycles. The molecule has 0 saturated heterocycles. The Labute approximate surface area is 181 Å². The molecule has 1 aromatic rings. The Morgan fingerprint density at radius 1 is 0.800 bits per heavy atom. The van der Waals surface area contributed by atoms with Crippen molar-refractivity contribution in [2.45, 2.75) is 85.0 Å². The highest BCUT2D eigenvalue weighted by atomic mass is 16.5. The standard InChI is InChI=1S/C25H38O5/c1-4-12-23(26)22(24(27)13-5-2)14-10-8-7-9-11-19-30-21-17-15-20(16-18-21)25(28)29-6-3/h15-18,22H,4-14,19H2,1-3H3. The molecule has 0 aliphatic carbocycles. The van der Waals surface area contributed by atoms with Crippen LogP contribution in [-0.4, -0.2) is 30.7 Å². The van der Waals surface area contributed by atoms with Gasteiger partial charge in [0.05, 0.1) is 24.7 Å². The van der Waals surface area contributed by atoms with Crippen LogP contribution in [0.5, 0.6) is 5.75 Å². The number of ether oxygens (including phenoxy) is 2. The number of hydrogen-bond acceptors (Lipinski definition) is 5. The molecule has 1 rings (SSSR count). The highest BCUT2D eigenvalue weighted by Gasteiger charge is 2.24.